The summed E-state index contributed by atoms with van der Waals surface area (Å²) in [5.74, 6) is 0.308. The molecule has 0 bridgehead atoms. The largest absolute Gasteiger partial charge is 0.344 e. The summed E-state index contributed by atoms with van der Waals surface area (Å²) in [6.07, 6.45) is 4.42. The van der Waals surface area contributed by atoms with Crippen LogP contribution < -0.4 is 10.2 Å². The van der Waals surface area contributed by atoms with Crippen molar-refractivity contribution < 1.29 is 4.79 Å². The molecule has 0 saturated heterocycles. The van der Waals surface area contributed by atoms with Gasteiger partial charge in [0.15, 0.2) is 0 Å². The lowest BCUT2D eigenvalue weighted by atomic mass is 10.1. The van der Waals surface area contributed by atoms with Crippen LogP contribution in [0.3, 0.4) is 0 Å². The van der Waals surface area contributed by atoms with Gasteiger partial charge in [-0.2, -0.15) is 0 Å². The molecular formula is C22H25N5O. The molecule has 2 aromatic heterocycles. The Bertz CT molecular complexity index is 972. The smallest absolute Gasteiger partial charge is 0.274 e. The lowest BCUT2D eigenvalue weighted by molar-refractivity contribution is 0.102. The van der Waals surface area contributed by atoms with Gasteiger partial charge in [0, 0.05) is 37.4 Å². The van der Waals surface area contributed by atoms with Crippen LogP contribution in [-0.2, 0) is 6.42 Å². The Balaban J connectivity index is 1.74. The highest BCUT2D eigenvalue weighted by Crippen LogP contribution is 2.18. The van der Waals surface area contributed by atoms with Crippen LogP contribution in [0.2, 0.25) is 0 Å². The van der Waals surface area contributed by atoms with Crippen LogP contribution in [0.1, 0.15) is 32.9 Å². The Morgan fingerprint density at radius 3 is 2.54 bits per heavy atom. The predicted molar refractivity (Wildman–Crippen MR) is 112 cm³/mol. The van der Waals surface area contributed by atoms with E-state index >= 15 is 0 Å². The van der Waals surface area contributed by atoms with E-state index in [0.29, 0.717) is 11.6 Å². The minimum absolute atomic E-state index is 0.233. The summed E-state index contributed by atoms with van der Waals surface area (Å²) in [5.41, 5.74) is 5.22. The molecule has 0 aliphatic heterocycles. The van der Waals surface area contributed by atoms with E-state index in [0.717, 1.165) is 35.5 Å². The first-order chi connectivity index (χ1) is 13.4. The molecule has 0 aliphatic rings. The van der Waals surface area contributed by atoms with E-state index in [9.17, 15) is 4.79 Å². The summed E-state index contributed by atoms with van der Waals surface area (Å²) in [6.45, 7) is 6.58. The van der Waals surface area contributed by atoms with Gasteiger partial charge in [-0.15, -0.1) is 0 Å². The molecule has 1 N–H and O–H groups in total. The fraction of sp³-hybridized carbons (Fsp3) is 0.273. The van der Waals surface area contributed by atoms with Crippen LogP contribution in [0.5, 0.6) is 0 Å². The van der Waals surface area contributed by atoms with Crippen molar-refractivity contribution in [2.45, 2.75) is 27.2 Å². The number of carbonyl (C=O) groups excluding carboxylic acids is 1. The molecule has 0 fully saturated rings. The molecule has 0 spiro atoms. The number of hydrogen-bond acceptors (Lipinski definition) is 5. The maximum Gasteiger partial charge on any atom is 0.274 e. The first-order valence-electron chi connectivity index (χ1n) is 9.26. The van der Waals surface area contributed by atoms with Crippen LogP contribution in [0.25, 0.3) is 0 Å². The molecule has 144 valence electrons. The molecule has 28 heavy (non-hydrogen) atoms. The van der Waals surface area contributed by atoms with Gasteiger partial charge < -0.3 is 10.2 Å². The van der Waals surface area contributed by atoms with Crippen LogP contribution in [0.15, 0.2) is 48.8 Å². The van der Waals surface area contributed by atoms with Crippen molar-refractivity contribution in [3.63, 3.8) is 0 Å². The zero-order valence-electron chi connectivity index (χ0n) is 16.7. The highest BCUT2D eigenvalue weighted by atomic mass is 16.1. The Labute approximate surface area is 165 Å². The van der Waals surface area contributed by atoms with Crippen LogP contribution in [0, 0.1) is 20.8 Å². The van der Waals surface area contributed by atoms with Crippen LogP contribution in [-0.4, -0.2) is 34.5 Å². The average molecular weight is 375 g/mol. The number of aromatic nitrogens is 3. The minimum Gasteiger partial charge on any atom is -0.344 e. The zero-order chi connectivity index (χ0) is 20.1. The van der Waals surface area contributed by atoms with Crippen molar-refractivity contribution >= 4 is 17.5 Å². The SMILES string of the molecule is Cc1ccc(C)c(NC(=O)c2cc(C)nc(N(C)CCc3ccncc3)n2)c1. The van der Waals surface area contributed by atoms with Gasteiger partial charge >= 0.3 is 0 Å². The van der Waals surface area contributed by atoms with E-state index in [2.05, 4.69) is 20.3 Å². The average Bonchev–Trinajstić information content (AvgIpc) is 2.69. The van der Waals surface area contributed by atoms with E-state index in [1.165, 1.54) is 5.56 Å². The van der Waals surface area contributed by atoms with Gasteiger partial charge in [-0.25, -0.2) is 9.97 Å². The molecule has 0 atom stereocenters. The number of benzene rings is 1. The van der Waals surface area contributed by atoms with E-state index in [1.807, 2.05) is 63.1 Å². The Morgan fingerprint density at radius 2 is 1.79 bits per heavy atom. The number of pyridine rings is 1. The van der Waals surface area contributed by atoms with Gasteiger partial charge in [-0.3, -0.25) is 9.78 Å². The fourth-order valence-electron chi connectivity index (χ4n) is 2.84. The van der Waals surface area contributed by atoms with Crippen molar-refractivity contribution in [1.82, 2.24) is 15.0 Å². The van der Waals surface area contributed by atoms with Crippen LogP contribution in [0.4, 0.5) is 11.6 Å². The molecule has 0 saturated carbocycles. The van der Waals surface area contributed by atoms with Crippen molar-refractivity contribution in [2.75, 3.05) is 23.8 Å². The van der Waals surface area contributed by atoms with Crippen molar-refractivity contribution in [1.29, 1.82) is 0 Å². The topological polar surface area (TPSA) is 71.0 Å². The predicted octanol–water partition coefficient (Wildman–Crippen LogP) is 3.73. The minimum atomic E-state index is -0.233. The zero-order valence-corrected chi connectivity index (χ0v) is 16.7. The first kappa shape index (κ1) is 19.5. The Kier molecular flexibility index (Phi) is 5.99. The third kappa shape index (κ3) is 4.91. The normalized spacial score (nSPS) is 10.6. The quantitative estimate of drug-likeness (QED) is 0.711. The first-order valence-corrected chi connectivity index (χ1v) is 9.26. The number of carbonyl (C=O) groups is 1. The highest BCUT2D eigenvalue weighted by molar-refractivity contribution is 6.03. The third-order valence-corrected chi connectivity index (χ3v) is 4.54. The molecule has 0 radical (unpaired) electrons. The molecule has 6 nitrogen and oxygen atoms in total. The van der Waals surface area contributed by atoms with Gasteiger partial charge in [-0.1, -0.05) is 12.1 Å². The second-order valence-corrected chi connectivity index (χ2v) is 6.99. The van der Waals surface area contributed by atoms with E-state index in [4.69, 9.17) is 0 Å². The molecule has 1 aromatic carbocycles. The lowest BCUT2D eigenvalue weighted by Crippen LogP contribution is -2.25. The number of anilines is 2. The summed E-state index contributed by atoms with van der Waals surface area (Å²) >= 11 is 0. The third-order valence-electron chi connectivity index (χ3n) is 4.54. The van der Waals surface area contributed by atoms with Gasteiger partial charge in [0.1, 0.15) is 5.69 Å². The standard InChI is InChI=1S/C22H25N5O/c1-15-5-6-16(2)19(13-15)25-21(28)20-14-17(3)24-22(26-20)27(4)12-9-18-7-10-23-11-8-18/h5-8,10-11,13-14H,9,12H2,1-4H3,(H,25,28). The van der Waals surface area contributed by atoms with Gasteiger partial charge in [0.05, 0.1) is 0 Å². The van der Waals surface area contributed by atoms with Crippen molar-refractivity contribution in [2.24, 2.45) is 0 Å². The molecule has 3 rings (SSSR count). The monoisotopic (exact) mass is 375 g/mol. The molecular weight excluding hydrogens is 350 g/mol. The molecule has 3 aromatic rings. The molecule has 2 heterocycles. The van der Waals surface area contributed by atoms with E-state index < -0.39 is 0 Å². The van der Waals surface area contributed by atoms with Crippen LogP contribution >= 0.6 is 0 Å². The lowest BCUT2D eigenvalue weighted by Gasteiger charge is -2.18. The maximum atomic E-state index is 12.8. The summed E-state index contributed by atoms with van der Waals surface area (Å²) < 4.78 is 0. The number of amides is 1. The molecule has 6 heteroatoms. The number of hydrogen-bond donors (Lipinski definition) is 1. The second-order valence-electron chi connectivity index (χ2n) is 6.99. The number of nitrogens with one attached hydrogen (secondary N) is 1. The Hall–Kier alpha value is -3.28. The van der Waals surface area contributed by atoms with E-state index in [1.54, 1.807) is 18.5 Å². The second kappa shape index (κ2) is 8.61. The number of nitrogens with zero attached hydrogens (tertiary/aromatic N) is 4. The maximum absolute atomic E-state index is 12.8. The highest BCUT2D eigenvalue weighted by Gasteiger charge is 2.14. The molecule has 0 unspecified atom stereocenters. The fourth-order valence-corrected chi connectivity index (χ4v) is 2.84. The van der Waals surface area contributed by atoms with Gasteiger partial charge in [0.2, 0.25) is 5.95 Å². The van der Waals surface area contributed by atoms with Gasteiger partial charge in [-0.05, 0) is 68.1 Å². The number of likely N-dealkylation sites (N-methyl/N-ethyl adjacent to an activating group) is 1. The number of rotatable bonds is 6. The Morgan fingerprint density at radius 1 is 1.04 bits per heavy atom. The molecule has 1 amide bonds. The number of aryl methyl sites for hydroxylation is 3. The summed E-state index contributed by atoms with van der Waals surface area (Å²) in [5, 5.41) is 2.96. The summed E-state index contributed by atoms with van der Waals surface area (Å²) in [6, 6.07) is 11.7. The van der Waals surface area contributed by atoms with E-state index in [-0.39, 0.29) is 5.91 Å². The summed E-state index contributed by atoms with van der Waals surface area (Å²) in [7, 11) is 1.93. The van der Waals surface area contributed by atoms with Gasteiger partial charge in [0.25, 0.3) is 5.91 Å². The van der Waals surface area contributed by atoms with Crippen molar-refractivity contribution in [3.8, 4) is 0 Å². The van der Waals surface area contributed by atoms with Crippen molar-refractivity contribution in [3.05, 3.63) is 76.9 Å². The summed E-state index contributed by atoms with van der Waals surface area (Å²) in [4.78, 5) is 27.7. The molecule has 0 aliphatic carbocycles.